The Morgan fingerprint density at radius 2 is 2.25 bits per heavy atom. The molecule has 1 aromatic rings. The van der Waals surface area contributed by atoms with Crippen LogP contribution < -0.4 is 5.32 Å². The first kappa shape index (κ1) is 14.0. The smallest absolute Gasteiger partial charge is 0.0931 e. The van der Waals surface area contributed by atoms with E-state index in [-0.39, 0.29) is 0 Å². The SMILES string of the molecule is CCC(C)NCCN(C)Cc1ccc(Cl)s1. The molecule has 1 unspecified atom stereocenters. The number of likely N-dealkylation sites (N-methyl/N-ethyl adjacent to an activating group) is 1. The van der Waals surface area contributed by atoms with Gasteiger partial charge in [0, 0.05) is 30.6 Å². The summed E-state index contributed by atoms with van der Waals surface area (Å²) in [6, 6.07) is 4.68. The van der Waals surface area contributed by atoms with Gasteiger partial charge >= 0.3 is 0 Å². The lowest BCUT2D eigenvalue weighted by Crippen LogP contribution is -2.33. The van der Waals surface area contributed by atoms with Crippen LogP contribution in [-0.2, 0) is 6.54 Å². The Balaban J connectivity index is 2.18. The molecule has 0 aliphatic rings. The molecule has 4 heteroatoms. The Morgan fingerprint density at radius 3 is 2.81 bits per heavy atom. The van der Waals surface area contributed by atoms with Crippen molar-refractivity contribution in [2.75, 3.05) is 20.1 Å². The molecule has 0 spiro atoms. The third-order valence-electron chi connectivity index (χ3n) is 2.65. The molecule has 0 amide bonds. The molecule has 0 aromatic carbocycles. The number of hydrogen-bond acceptors (Lipinski definition) is 3. The van der Waals surface area contributed by atoms with E-state index in [4.69, 9.17) is 11.6 Å². The van der Waals surface area contributed by atoms with Crippen molar-refractivity contribution in [2.24, 2.45) is 0 Å². The Bertz CT molecular complexity index is 301. The third kappa shape index (κ3) is 5.30. The van der Waals surface area contributed by atoms with Gasteiger partial charge in [-0.1, -0.05) is 18.5 Å². The molecule has 0 radical (unpaired) electrons. The standard InChI is InChI=1S/C12H21ClN2S/c1-4-10(2)14-7-8-15(3)9-11-5-6-12(13)16-11/h5-6,10,14H,4,7-9H2,1-3H3. The van der Waals surface area contributed by atoms with Gasteiger partial charge in [0.15, 0.2) is 0 Å². The van der Waals surface area contributed by atoms with Crippen molar-refractivity contribution in [3.8, 4) is 0 Å². The van der Waals surface area contributed by atoms with Gasteiger partial charge in [-0.15, -0.1) is 11.3 Å². The quantitative estimate of drug-likeness (QED) is 0.810. The van der Waals surface area contributed by atoms with Gasteiger partial charge in [0.1, 0.15) is 0 Å². The van der Waals surface area contributed by atoms with Crippen LogP contribution in [0.25, 0.3) is 0 Å². The Labute approximate surface area is 108 Å². The molecule has 1 atom stereocenters. The average molecular weight is 261 g/mol. The van der Waals surface area contributed by atoms with E-state index in [1.165, 1.54) is 11.3 Å². The Morgan fingerprint density at radius 1 is 1.50 bits per heavy atom. The first-order chi connectivity index (χ1) is 7.61. The molecule has 0 fully saturated rings. The molecule has 92 valence electrons. The van der Waals surface area contributed by atoms with E-state index >= 15 is 0 Å². The molecule has 16 heavy (non-hydrogen) atoms. The molecule has 1 N–H and O–H groups in total. The van der Waals surface area contributed by atoms with Crippen LogP contribution in [0.2, 0.25) is 4.34 Å². The second-order valence-electron chi connectivity index (χ2n) is 4.21. The molecular weight excluding hydrogens is 240 g/mol. The van der Waals surface area contributed by atoms with Crippen LogP contribution >= 0.6 is 22.9 Å². The second kappa shape index (κ2) is 7.28. The normalized spacial score (nSPS) is 13.3. The summed E-state index contributed by atoms with van der Waals surface area (Å²) in [5.41, 5.74) is 0. The Hall–Kier alpha value is -0.0900. The van der Waals surface area contributed by atoms with Crippen LogP contribution in [0.1, 0.15) is 25.1 Å². The highest BCUT2D eigenvalue weighted by Gasteiger charge is 2.03. The molecule has 2 nitrogen and oxygen atoms in total. The molecular formula is C12H21ClN2S. The molecule has 1 heterocycles. The minimum absolute atomic E-state index is 0.615. The van der Waals surface area contributed by atoms with E-state index in [9.17, 15) is 0 Å². The molecule has 0 aliphatic heterocycles. The van der Waals surface area contributed by atoms with Gasteiger partial charge in [-0.3, -0.25) is 0 Å². The maximum absolute atomic E-state index is 5.90. The van der Waals surface area contributed by atoms with E-state index < -0.39 is 0 Å². The van der Waals surface area contributed by atoms with Gasteiger partial charge in [0.2, 0.25) is 0 Å². The highest BCUT2D eigenvalue weighted by Crippen LogP contribution is 2.22. The van der Waals surface area contributed by atoms with Crippen LogP contribution in [0, 0.1) is 0 Å². The van der Waals surface area contributed by atoms with Crippen LogP contribution in [0.3, 0.4) is 0 Å². The molecule has 1 rings (SSSR count). The van der Waals surface area contributed by atoms with Crippen LogP contribution in [-0.4, -0.2) is 31.1 Å². The minimum Gasteiger partial charge on any atom is -0.313 e. The van der Waals surface area contributed by atoms with Gasteiger partial charge in [-0.2, -0.15) is 0 Å². The van der Waals surface area contributed by atoms with E-state index in [1.54, 1.807) is 11.3 Å². The fraction of sp³-hybridized carbons (Fsp3) is 0.667. The maximum Gasteiger partial charge on any atom is 0.0931 e. The topological polar surface area (TPSA) is 15.3 Å². The van der Waals surface area contributed by atoms with Gasteiger partial charge in [0.05, 0.1) is 4.34 Å². The van der Waals surface area contributed by atoms with Crippen molar-refractivity contribution >= 4 is 22.9 Å². The van der Waals surface area contributed by atoms with E-state index in [0.717, 1.165) is 24.0 Å². The predicted octanol–water partition coefficient (Wildman–Crippen LogP) is 3.22. The number of halogens is 1. The lowest BCUT2D eigenvalue weighted by atomic mass is 10.2. The minimum atomic E-state index is 0.615. The number of hydrogen-bond donors (Lipinski definition) is 1. The lowest BCUT2D eigenvalue weighted by Gasteiger charge is -2.18. The van der Waals surface area contributed by atoms with Crippen molar-refractivity contribution in [3.05, 3.63) is 21.3 Å². The van der Waals surface area contributed by atoms with Gasteiger partial charge in [0.25, 0.3) is 0 Å². The summed E-state index contributed by atoms with van der Waals surface area (Å²) < 4.78 is 0.876. The monoisotopic (exact) mass is 260 g/mol. The van der Waals surface area contributed by atoms with Crippen LogP contribution in [0.5, 0.6) is 0 Å². The molecule has 0 aliphatic carbocycles. The summed E-state index contributed by atoms with van der Waals surface area (Å²) in [4.78, 5) is 3.65. The van der Waals surface area contributed by atoms with Gasteiger partial charge in [-0.25, -0.2) is 0 Å². The van der Waals surface area contributed by atoms with Crippen molar-refractivity contribution in [1.82, 2.24) is 10.2 Å². The summed E-state index contributed by atoms with van der Waals surface area (Å²) >= 11 is 7.56. The summed E-state index contributed by atoms with van der Waals surface area (Å²) in [7, 11) is 2.14. The zero-order valence-corrected chi connectivity index (χ0v) is 11.9. The summed E-state index contributed by atoms with van der Waals surface area (Å²) in [6.07, 6.45) is 1.18. The van der Waals surface area contributed by atoms with Gasteiger partial charge < -0.3 is 10.2 Å². The highest BCUT2D eigenvalue weighted by atomic mass is 35.5. The first-order valence-electron chi connectivity index (χ1n) is 5.78. The molecule has 0 bridgehead atoms. The number of rotatable bonds is 7. The van der Waals surface area contributed by atoms with E-state index in [1.807, 2.05) is 6.07 Å². The summed E-state index contributed by atoms with van der Waals surface area (Å²) in [5.74, 6) is 0. The number of nitrogens with zero attached hydrogens (tertiary/aromatic N) is 1. The average Bonchev–Trinajstić information content (AvgIpc) is 2.63. The van der Waals surface area contributed by atoms with Gasteiger partial charge in [-0.05, 0) is 32.5 Å². The van der Waals surface area contributed by atoms with Crippen molar-refractivity contribution in [1.29, 1.82) is 0 Å². The van der Waals surface area contributed by atoms with Crippen LogP contribution in [0.4, 0.5) is 0 Å². The van der Waals surface area contributed by atoms with Crippen molar-refractivity contribution in [2.45, 2.75) is 32.9 Å². The number of thiophene rings is 1. The molecule has 1 aromatic heterocycles. The second-order valence-corrected chi connectivity index (χ2v) is 6.01. The predicted molar refractivity (Wildman–Crippen MR) is 73.4 cm³/mol. The zero-order chi connectivity index (χ0) is 12.0. The Kier molecular flexibility index (Phi) is 6.36. The van der Waals surface area contributed by atoms with Crippen LogP contribution in [0.15, 0.2) is 12.1 Å². The maximum atomic E-state index is 5.90. The largest absolute Gasteiger partial charge is 0.313 e. The fourth-order valence-electron chi connectivity index (χ4n) is 1.43. The molecule has 0 saturated carbocycles. The summed E-state index contributed by atoms with van der Waals surface area (Å²) in [6.45, 7) is 7.53. The number of nitrogens with one attached hydrogen (secondary N) is 1. The van der Waals surface area contributed by atoms with E-state index in [0.29, 0.717) is 6.04 Å². The molecule has 0 saturated heterocycles. The lowest BCUT2D eigenvalue weighted by molar-refractivity contribution is 0.320. The fourth-order valence-corrected chi connectivity index (χ4v) is 2.60. The summed E-state index contributed by atoms with van der Waals surface area (Å²) in [5, 5.41) is 3.49. The first-order valence-corrected chi connectivity index (χ1v) is 6.97. The highest BCUT2D eigenvalue weighted by molar-refractivity contribution is 7.16. The van der Waals surface area contributed by atoms with Crippen molar-refractivity contribution in [3.63, 3.8) is 0 Å². The van der Waals surface area contributed by atoms with Crippen molar-refractivity contribution < 1.29 is 0 Å². The third-order valence-corrected chi connectivity index (χ3v) is 3.87. The van der Waals surface area contributed by atoms with E-state index in [2.05, 4.69) is 37.2 Å². The zero-order valence-electron chi connectivity index (χ0n) is 10.3.